The first-order chi connectivity index (χ1) is 9.06. The van der Waals surface area contributed by atoms with Gasteiger partial charge in [0.15, 0.2) is 0 Å². The highest BCUT2D eigenvalue weighted by Crippen LogP contribution is 2.11. The Kier molecular flexibility index (Phi) is 3.94. The summed E-state index contributed by atoms with van der Waals surface area (Å²) in [6.07, 6.45) is 3.26. The van der Waals surface area contributed by atoms with E-state index in [9.17, 15) is 4.79 Å². The minimum absolute atomic E-state index is 0.169. The lowest BCUT2D eigenvalue weighted by Crippen LogP contribution is -2.17. The van der Waals surface area contributed by atoms with Crippen LogP contribution in [0.3, 0.4) is 0 Å². The van der Waals surface area contributed by atoms with Gasteiger partial charge in [0.25, 0.3) is 5.91 Å². The Morgan fingerprint density at radius 3 is 2.79 bits per heavy atom. The van der Waals surface area contributed by atoms with Crippen LogP contribution < -0.4 is 5.32 Å². The first-order valence-corrected chi connectivity index (χ1v) is 6.32. The maximum Gasteiger partial charge on any atom is 0.258 e. The van der Waals surface area contributed by atoms with Crippen LogP contribution in [0.4, 0.5) is 5.82 Å². The molecule has 0 saturated carbocycles. The minimum Gasteiger partial charge on any atom is -0.307 e. The predicted octanol–water partition coefficient (Wildman–Crippen LogP) is 2.49. The van der Waals surface area contributed by atoms with Crippen LogP contribution in [-0.2, 0) is 6.54 Å². The van der Waals surface area contributed by atoms with Crippen LogP contribution in [0, 0.1) is 12.8 Å². The Labute approximate surface area is 112 Å². The second kappa shape index (κ2) is 5.65. The molecule has 0 aliphatic carbocycles. The van der Waals surface area contributed by atoms with Crippen molar-refractivity contribution in [1.29, 1.82) is 0 Å². The van der Waals surface area contributed by atoms with Crippen molar-refractivity contribution >= 4 is 11.7 Å². The van der Waals surface area contributed by atoms with Crippen molar-refractivity contribution in [3.63, 3.8) is 0 Å². The Morgan fingerprint density at radius 1 is 1.37 bits per heavy atom. The van der Waals surface area contributed by atoms with E-state index < -0.39 is 0 Å². The molecule has 0 atom stereocenters. The molecule has 0 radical (unpaired) electrons. The average Bonchev–Trinajstić information content (AvgIpc) is 2.76. The lowest BCUT2D eigenvalue weighted by molar-refractivity contribution is 0.102. The van der Waals surface area contributed by atoms with Crippen LogP contribution in [-0.4, -0.2) is 20.7 Å². The Hall–Kier alpha value is -2.17. The molecule has 100 valence electrons. The van der Waals surface area contributed by atoms with Crippen molar-refractivity contribution in [3.05, 3.63) is 41.9 Å². The van der Waals surface area contributed by atoms with Crippen LogP contribution in [0.5, 0.6) is 0 Å². The van der Waals surface area contributed by atoms with E-state index in [0.29, 0.717) is 17.3 Å². The Balaban J connectivity index is 2.10. The predicted molar refractivity (Wildman–Crippen MR) is 74.0 cm³/mol. The molecule has 0 aliphatic rings. The third-order valence-electron chi connectivity index (χ3n) is 2.67. The molecule has 2 heterocycles. The van der Waals surface area contributed by atoms with E-state index in [1.54, 1.807) is 29.2 Å². The van der Waals surface area contributed by atoms with Gasteiger partial charge in [-0.05, 0) is 25.0 Å². The number of pyridine rings is 1. The standard InChI is InChI=1S/C14H18N4O/c1-10(2)9-18-13(6-7-16-18)17-14(19)12-5-4-11(3)15-8-12/h4-8,10H,9H2,1-3H3,(H,17,19). The summed E-state index contributed by atoms with van der Waals surface area (Å²) in [7, 11) is 0. The van der Waals surface area contributed by atoms with Gasteiger partial charge in [-0.25, -0.2) is 4.68 Å². The van der Waals surface area contributed by atoms with Crippen molar-refractivity contribution in [1.82, 2.24) is 14.8 Å². The van der Waals surface area contributed by atoms with Gasteiger partial charge < -0.3 is 5.32 Å². The largest absolute Gasteiger partial charge is 0.307 e. The number of hydrogen-bond acceptors (Lipinski definition) is 3. The summed E-state index contributed by atoms with van der Waals surface area (Å²) in [6.45, 7) is 6.88. The number of hydrogen-bond donors (Lipinski definition) is 1. The van der Waals surface area contributed by atoms with Crippen molar-refractivity contribution in [2.24, 2.45) is 5.92 Å². The number of rotatable bonds is 4. The van der Waals surface area contributed by atoms with Crippen LogP contribution in [0.15, 0.2) is 30.6 Å². The van der Waals surface area contributed by atoms with Gasteiger partial charge in [0.2, 0.25) is 0 Å². The fourth-order valence-corrected chi connectivity index (χ4v) is 1.72. The van der Waals surface area contributed by atoms with Crippen LogP contribution in [0.2, 0.25) is 0 Å². The number of nitrogens with zero attached hydrogens (tertiary/aromatic N) is 3. The van der Waals surface area contributed by atoms with E-state index in [1.165, 1.54) is 0 Å². The topological polar surface area (TPSA) is 59.8 Å². The zero-order chi connectivity index (χ0) is 13.8. The molecule has 5 nitrogen and oxygen atoms in total. The molecular formula is C14H18N4O. The first-order valence-electron chi connectivity index (χ1n) is 6.32. The maximum absolute atomic E-state index is 12.1. The molecule has 0 spiro atoms. The Bertz CT molecular complexity index is 557. The summed E-state index contributed by atoms with van der Waals surface area (Å²) in [4.78, 5) is 16.2. The first kappa shape index (κ1) is 13.3. The number of carbonyl (C=O) groups excluding carboxylic acids is 1. The van der Waals surface area contributed by atoms with Gasteiger partial charge in [-0.15, -0.1) is 0 Å². The van der Waals surface area contributed by atoms with Crippen LogP contribution >= 0.6 is 0 Å². The summed E-state index contributed by atoms with van der Waals surface area (Å²) in [5, 5.41) is 7.06. The molecule has 1 amide bonds. The molecular weight excluding hydrogens is 240 g/mol. The van der Waals surface area contributed by atoms with E-state index in [-0.39, 0.29) is 5.91 Å². The number of aromatic nitrogens is 3. The summed E-state index contributed by atoms with van der Waals surface area (Å²) in [6, 6.07) is 5.38. The molecule has 2 aromatic heterocycles. The number of carbonyl (C=O) groups is 1. The van der Waals surface area contributed by atoms with Crippen molar-refractivity contribution < 1.29 is 4.79 Å². The number of amides is 1. The summed E-state index contributed by atoms with van der Waals surface area (Å²) in [5.41, 5.74) is 1.43. The third-order valence-corrected chi connectivity index (χ3v) is 2.67. The van der Waals surface area contributed by atoms with Gasteiger partial charge in [-0.1, -0.05) is 13.8 Å². The van der Waals surface area contributed by atoms with E-state index in [1.807, 2.05) is 13.0 Å². The second-order valence-electron chi connectivity index (χ2n) is 4.93. The van der Waals surface area contributed by atoms with Crippen LogP contribution in [0.1, 0.15) is 29.9 Å². The van der Waals surface area contributed by atoms with E-state index in [2.05, 4.69) is 29.2 Å². The monoisotopic (exact) mass is 258 g/mol. The van der Waals surface area contributed by atoms with Gasteiger partial charge in [0.05, 0.1) is 11.8 Å². The fourth-order valence-electron chi connectivity index (χ4n) is 1.72. The fraction of sp³-hybridized carbons (Fsp3) is 0.357. The van der Waals surface area contributed by atoms with E-state index >= 15 is 0 Å². The molecule has 0 unspecified atom stereocenters. The highest BCUT2D eigenvalue weighted by Gasteiger charge is 2.10. The Morgan fingerprint density at radius 2 is 2.16 bits per heavy atom. The normalized spacial score (nSPS) is 10.7. The zero-order valence-corrected chi connectivity index (χ0v) is 11.4. The molecule has 1 N–H and O–H groups in total. The van der Waals surface area contributed by atoms with Gasteiger partial charge in [-0.3, -0.25) is 9.78 Å². The van der Waals surface area contributed by atoms with Crippen molar-refractivity contribution in [3.8, 4) is 0 Å². The van der Waals surface area contributed by atoms with Gasteiger partial charge >= 0.3 is 0 Å². The molecule has 0 aromatic carbocycles. The summed E-state index contributed by atoms with van der Waals surface area (Å²) in [5.74, 6) is 1.01. The number of aryl methyl sites for hydroxylation is 1. The van der Waals surface area contributed by atoms with Crippen molar-refractivity contribution in [2.75, 3.05) is 5.32 Å². The van der Waals surface area contributed by atoms with Gasteiger partial charge in [0, 0.05) is 24.5 Å². The maximum atomic E-state index is 12.1. The van der Waals surface area contributed by atoms with Crippen LogP contribution in [0.25, 0.3) is 0 Å². The smallest absolute Gasteiger partial charge is 0.258 e. The lowest BCUT2D eigenvalue weighted by atomic mass is 10.2. The number of nitrogens with one attached hydrogen (secondary N) is 1. The van der Waals surface area contributed by atoms with E-state index in [4.69, 9.17) is 0 Å². The van der Waals surface area contributed by atoms with Crippen molar-refractivity contribution in [2.45, 2.75) is 27.3 Å². The molecule has 0 saturated heterocycles. The molecule has 2 rings (SSSR count). The highest BCUT2D eigenvalue weighted by atomic mass is 16.1. The lowest BCUT2D eigenvalue weighted by Gasteiger charge is -2.10. The minimum atomic E-state index is -0.169. The van der Waals surface area contributed by atoms with Gasteiger partial charge in [0.1, 0.15) is 5.82 Å². The molecule has 0 aliphatic heterocycles. The molecule has 2 aromatic rings. The SMILES string of the molecule is Cc1ccc(C(=O)Nc2ccnn2CC(C)C)cn1. The van der Waals surface area contributed by atoms with E-state index in [0.717, 1.165) is 12.2 Å². The highest BCUT2D eigenvalue weighted by molar-refractivity contribution is 6.03. The average molecular weight is 258 g/mol. The molecule has 5 heteroatoms. The molecule has 0 fully saturated rings. The second-order valence-corrected chi connectivity index (χ2v) is 4.93. The summed E-state index contributed by atoms with van der Waals surface area (Å²) < 4.78 is 1.80. The quantitative estimate of drug-likeness (QED) is 0.916. The molecule has 19 heavy (non-hydrogen) atoms. The summed E-state index contributed by atoms with van der Waals surface area (Å²) >= 11 is 0. The van der Waals surface area contributed by atoms with Gasteiger partial charge in [-0.2, -0.15) is 5.10 Å². The molecule has 0 bridgehead atoms. The number of anilines is 1. The third kappa shape index (κ3) is 3.40. The zero-order valence-electron chi connectivity index (χ0n) is 11.4.